The van der Waals surface area contributed by atoms with Crippen LogP contribution in [0.2, 0.25) is 0 Å². The molecule has 0 aliphatic carbocycles. The summed E-state index contributed by atoms with van der Waals surface area (Å²) >= 11 is 1.78. The maximum atomic E-state index is 6.58. The van der Waals surface area contributed by atoms with Crippen molar-refractivity contribution in [2.24, 2.45) is 0 Å². The third kappa shape index (κ3) is 8.34. The summed E-state index contributed by atoms with van der Waals surface area (Å²) in [7, 11) is 0. The summed E-state index contributed by atoms with van der Waals surface area (Å²) in [6, 6.07) is 70.4. The molecule has 0 saturated carbocycles. The fourth-order valence-electron chi connectivity index (χ4n) is 9.81. The average Bonchev–Trinajstić information content (AvgIpc) is 3.56. The van der Waals surface area contributed by atoms with Crippen LogP contribution in [0.4, 0.5) is 34.1 Å². The number of anilines is 6. The van der Waals surface area contributed by atoms with Crippen LogP contribution < -0.4 is 14.5 Å². The lowest BCUT2D eigenvalue weighted by Crippen LogP contribution is -2.18. The number of aromatic nitrogens is 8. The third-order valence-corrected chi connectivity index (χ3v) is 14.4. The zero-order valence-electron chi connectivity index (χ0n) is 40.4. The van der Waals surface area contributed by atoms with Gasteiger partial charge in [-0.05, 0) is 157 Å². The molecule has 14 rings (SSSR count). The summed E-state index contributed by atoms with van der Waals surface area (Å²) in [4.78, 5) is 46.2. The average molecular weight is 997 g/mol. The standard InChI is InChI=1S/C64H40N10OS/c1-5-23-59-55(19-1)73(56-20-2-6-24-60(56)75-59)47-34-44(35-48(36-47)74-57-21-3-7-25-61(57)76-62-26-8-4-22-58(62)74)43-31-45(51-37-53(49-17-9-11-29-67-49)71-63(69-51)41-15-13-27-65-39-41)33-46(32-43)52-38-54(50-18-10-12-30-68-50)72-64(70-52)42-16-14-28-66-40-42/h1-40H. The van der Waals surface area contributed by atoms with Crippen molar-refractivity contribution in [1.82, 2.24) is 39.9 Å². The fourth-order valence-corrected chi connectivity index (χ4v) is 10.9. The Morgan fingerprint density at radius 2 is 0.750 bits per heavy atom. The van der Waals surface area contributed by atoms with Crippen molar-refractivity contribution in [2.75, 3.05) is 9.80 Å². The van der Waals surface area contributed by atoms with Crippen LogP contribution in [0.5, 0.6) is 11.5 Å². The van der Waals surface area contributed by atoms with Crippen LogP contribution >= 0.6 is 11.8 Å². The fraction of sp³-hybridized carbons (Fsp3) is 0. The molecule has 6 aromatic heterocycles. The molecule has 2 aliphatic rings. The van der Waals surface area contributed by atoms with Crippen LogP contribution in [0.3, 0.4) is 0 Å². The molecule has 0 saturated heterocycles. The number of nitrogens with zero attached hydrogens (tertiary/aromatic N) is 10. The van der Waals surface area contributed by atoms with Gasteiger partial charge in [0.05, 0.1) is 56.9 Å². The molecular weight excluding hydrogens is 957 g/mol. The van der Waals surface area contributed by atoms with Crippen LogP contribution in [-0.4, -0.2) is 39.9 Å². The number of ether oxygens (including phenoxy) is 1. The number of pyridine rings is 4. The molecule has 0 bridgehead atoms. The quantitative estimate of drug-likeness (QED) is 0.137. The Morgan fingerprint density at radius 1 is 0.316 bits per heavy atom. The first kappa shape index (κ1) is 44.5. The molecule has 76 heavy (non-hydrogen) atoms. The highest BCUT2D eigenvalue weighted by atomic mass is 32.2. The van der Waals surface area contributed by atoms with Gasteiger partial charge in [-0.2, -0.15) is 0 Å². The molecule has 2 aliphatic heterocycles. The van der Waals surface area contributed by atoms with E-state index in [1.54, 1.807) is 48.9 Å². The summed E-state index contributed by atoms with van der Waals surface area (Å²) < 4.78 is 6.58. The van der Waals surface area contributed by atoms with Crippen molar-refractivity contribution in [3.8, 4) is 90.7 Å². The Labute approximate surface area is 442 Å². The lowest BCUT2D eigenvalue weighted by Gasteiger charge is -2.36. The van der Waals surface area contributed by atoms with E-state index >= 15 is 0 Å². The number of fused-ring (bicyclic) bond motifs is 4. The van der Waals surface area contributed by atoms with E-state index < -0.39 is 0 Å². The lowest BCUT2D eigenvalue weighted by atomic mass is 9.94. The topological polar surface area (TPSA) is 119 Å². The minimum atomic E-state index is 0.519. The van der Waals surface area contributed by atoms with Gasteiger partial charge in [-0.25, -0.2) is 19.9 Å². The SMILES string of the molecule is c1ccc(-c2cc(-c3cc(-c4cc(N5c6ccccc6Oc6ccccc65)cc(N5c6ccccc6Sc6ccccc65)c4)cc(-c4cc(-c5ccccn5)nc(-c5cccnc5)n4)c3)nc(-c3cccnc3)n2)nc1. The maximum Gasteiger partial charge on any atom is 0.162 e. The predicted octanol–water partition coefficient (Wildman–Crippen LogP) is 16.0. The van der Waals surface area contributed by atoms with E-state index in [-0.39, 0.29) is 0 Å². The summed E-state index contributed by atoms with van der Waals surface area (Å²) in [6.45, 7) is 0. The molecule has 0 fully saturated rings. The van der Waals surface area contributed by atoms with Crippen molar-refractivity contribution in [3.63, 3.8) is 0 Å². The monoisotopic (exact) mass is 996 g/mol. The highest BCUT2D eigenvalue weighted by Gasteiger charge is 2.30. The molecule has 0 radical (unpaired) electrons. The molecular formula is C64H40N10OS. The summed E-state index contributed by atoms with van der Waals surface area (Å²) in [6.07, 6.45) is 10.6. The lowest BCUT2D eigenvalue weighted by molar-refractivity contribution is 0.477. The molecule has 12 aromatic rings. The van der Waals surface area contributed by atoms with Crippen molar-refractivity contribution in [1.29, 1.82) is 0 Å². The largest absolute Gasteiger partial charge is 0.453 e. The van der Waals surface area contributed by atoms with Crippen LogP contribution in [0.15, 0.2) is 253 Å². The molecule has 11 nitrogen and oxygen atoms in total. The molecule has 0 spiro atoms. The number of rotatable bonds is 9. The van der Waals surface area contributed by atoms with Gasteiger partial charge < -0.3 is 14.5 Å². The van der Waals surface area contributed by atoms with Crippen LogP contribution in [0, 0.1) is 0 Å². The van der Waals surface area contributed by atoms with Gasteiger partial charge >= 0.3 is 0 Å². The summed E-state index contributed by atoms with van der Waals surface area (Å²) in [5.41, 5.74) is 15.2. The number of hydrogen-bond acceptors (Lipinski definition) is 12. The normalized spacial score (nSPS) is 12.2. The predicted molar refractivity (Wildman–Crippen MR) is 300 cm³/mol. The van der Waals surface area contributed by atoms with Gasteiger partial charge in [0.1, 0.15) is 0 Å². The van der Waals surface area contributed by atoms with Gasteiger partial charge in [-0.3, -0.25) is 19.9 Å². The second kappa shape index (κ2) is 19.0. The number of para-hydroxylation sites is 6. The third-order valence-electron chi connectivity index (χ3n) is 13.3. The van der Waals surface area contributed by atoms with E-state index in [0.717, 1.165) is 88.8 Å². The zero-order chi connectivity index (χ0) is 50.4. The van der Waals surface area contributed by atoms with E-state index in [9.17, 15) is 0 Å². The Hall–Kier alpha value is -10.2. The summed E-state index contributed by atoms with van der Waals surface area (Å²) in [5.74, 6) is 2.56. The van der Waals surface area contributed by atoms with E-state index in [4.69, 9.17) is 34.6 Å². The first-order chi connectivity index (χ1) is 37.6. The van der Waals surface area contributed by atoms with Gasteiger partial charge in [0.2, 0.25) is 0 Å². The Morgan fingerprint density at radius 3 is 1.24 bits per heavy atom. The zero-order valence-corrected chi connectivity index (χ0v) is 41.2. The van der Waals surface area contributed by atoms with Gasteiger partial charge in [-0.15, -0.1) is 0 Å². The van der Waals surface area contributed by atoms with Crippen LogP contribution in [-0.2, 0) is 0 Å². The van der Waals surface area contributed by atoms with Crippen LogP contribution in [0.1, 0.15) is 0 Å². The number of hydrogen-bond donors (Lipinski definition) is 0. The molecule has 358 valence electrons. The van der Waals surface area contributed by atoms with Crippen molar-refractivity contribution < 1.29 is 4.74 Å². The Bertz CT molecular complexity index is 3680. The van der Waals surface area contributed by atoms with Gasteiger partial charge in [0.15, 0.2) is 23.1 Å². The molecule has 0 atom stereocenters. The minimum absolute atomic E-state index is 0.519. The van der Waals surface area contributed by atoms with Gasteiger partial charge in [-0.1, -0.05) is 72.4 Å². The Balaban J connectivity index is 1.06. The first-order valence-corrected chi connectivity index (χ1v) is 25.5. The maximum absolute atomic E-state index is 6.58. The van der Waals surface area contributed by atoms with E-state index in [1.165, 1.54) is 0 Å². The molecule has 0 unspecified atom stereocenters. The van der Waals surface area contributed by atoms with Crippen molar-refractivity contribution >= 4 is 45.9 Å². The van der Waals surface area contributed by atoms with E-state index in [2.05, 4.69) is 129 Å². The van der Waals surface area contributed by atoms with Crippen molar-refractivity contribution in [3.05, 3.63) is 243 Å². The molecule has 12 heteroatoms. The molecule has 6 aromatic carbocycles. The Kier molecular flexibility index (Phi) is 11.1. The minimum Gasteiger partial charge on any atom is -0.453 e. The highest BCUT2D eigenvalue weighted by molar-refractivity contribution is 7.99. The molecule has 0 amide bonds. The van der Waals surface area contributed by atoms with Crippen LogP contribution in [0.25, 0.3) is 79.2 Å². The smallest absolute Gasteiger partial charge is 0.162 e. The first-order valence-electron chi connectivity index (χ1n) is 24.7. The summed E-state index contributed by atoms with van der Waals surface area (Å²) in [5, 5.41) is 0. The van der Waals surface area contributed by atoms with Gasteiger partial charge in [0.25, 0.3) is 0 Å². The second-order valence-electron chi connectivity index (χ2n) is 18.1. The second-order valence-corrected chi connectivity index (χ2v) is 19.2. The molecule has 0 N–H and O–H groups in total. The van der Waals surface area contributed by atoms with E-state index in [0.29, 0.717) is 45.8 Å². The van der Waals surface area contributed by atoms with Gasteiger partial charge in [0, 0.05) is 80.6 Å². The highest BCUT2D eigenvalue weighted by Crippen LogP contribution is 2.55. The number of benzene rings is 6. The van der Waals surface area contributed by atoms with Crippen molar-refractivity contribution in [2.45, 2.75) is 9.79 Å². The molecule has 8 heterocycles. The van der Waals surface area contributed by atoms with E-state index in [1.807, 2.05) is 97.1 Å².